The number of Topliss-reactive ketones (excluding diaryl/α,β-unsaturated/α-hetero) is 1. The van der Waals surface area contributed by atoms with Gasteiger partial charge in [-0.05, 0) is 116 Å². The van der Waals surface area contributed by atoms with Gasteiger partial charge in [-0.3, -0.25) is 24.2 Å². The lowest BCUT2D eigenvalue weighted by Crippen LogP contribution is -2.47. The van der Waals surface area contributed by atoms with Gasteiger partial charge in [-0.2, -0.15) is 0 Å². The molecule has 5 rings (SSSR count). The molecule has 314 valence electrons. The average molecular weight is 818 g/mol. The van der Waals surface area contributed by atoms with Crippen LogP contribution in [0.2, 0.25) is 0 Å². The van der Waals surface area contributed by atoms with Crippen LogP contribution in [0.3, 0.4) is 0 Å². The van der Waals surface area contributed by atoms with Gasteiger partial charge in [0.1, 0.15) is 40.5 Å². The lowest BCUT2D eigenvalue weighted by molar-refractivity contribution is -0.173. The molecule has 0 bridgehead atoms. The zero-order valence-electron chi connectivity index (χ0n) is 33.4. The van der Waals surface area contributed by atoms with E-state index in [4.69, 9.17) is 14.3 Å². The highest BCUT2D eigenvalue weighted by atomic mass is 35.5. The number of likely N-dealkylation sites (tertiary alicyclic amines) is 2. The highest BCUT2D eigenvalue weighted by molar-refractivity contribution is 6.01. The predicted octanol–water partition coefficient (Wildman–Crippen LogP) is 8.56. The number of nitrogens with zero attached hydrogens (tertiary/aromatic N) is 3. The van der Waals surface area contributed by atoms with Crippen molar-refractivity contribution >= 4 is 36.3 Å². The molecule has 0 unspecified atom stereocenters. The van der Waals surface area contributed by atoms with Crippen LogP contribution in [0.25, 0.3) is 0 Å². The second-order valence-electron chi connectivity index (χ2n) is 15.9. The Bertz CT molecular complexity index is 1610. The second kappa shape index (κ2) is 21.0. The Balaban J connectivity index is 0.000000293. The number of hydrogen-bond acceptors (Lipinski definition) is 8. The molecular formula is C40H56ClF4N3O8. The van der Waals surface area contributed by atoms with Gasteiger partial charge in [-0.15, -0.1) is 12.4 Å². The summed E-state index contributed by atoms with van der Waals surface area (Å²) in [4.78, 5) is 56.2. The van der Waals surface area contributed by atoms with Crippen LogP contribution in [0.5, 0.6) is 0 Å². The molecule has 1 N–H and O–H groups in total. The number of amides is 3. The molecule has 2 aliphatic heterocycles. The minimum atomic E-state index is -0.815. The number of hydrogen-bond donors (Lipinski definition) is 1. The molecule has 1 saturated carbocycles. The first kappa shape index (κ1) is 48.2. The Labute approximate surface area is 333 Å². The molecule has 0 aromatic heterocycles. The van der Waals surface area contributed by atoms with Gasteiger partial charge in [-0.1, -0.05) is 12.8 Å². The third-order valence-electron chi connectivity index (χ3n) is 9.15. The maximum Gasteiger partial charge on any atom is 0.410 e. The van der Waals surface area contributed by atoms with E-state index < -0.39 is 70.6 Å². The Morgan fingerprint density at radius 3 is 1.54 bits per heavy atom. The van der Waals surface area contributed by atoms with Crippen molar-refractivity contribution in [3.8, 4) is 0 Å². The zero-order chi connectivity index (χ0) is 41.2. The number of hydroxylamine groups is 2. The summed E-state index contributed by atoms with van der Waals surface area (Å²) in [5, 5.41) is 11.1. The van der Waals surface area contributed by atoms with Crippen molar-refractivity contribution in [2.75, 3.05) is 27.2 Å². The number of aliphatic hydroxyl groups excluding tert-OH is 1. The summed E-state index contributed by atoms with van der Waals surface area (Å²) < 4.78 is 62.9. The molecule has 11 nitrogen and oxygen atoms in total. The van der Waals surface area contributed by atoms with E-state index >= 15 is 0 Å². The van der Waals surface area contributed by atoms with Crippen molar-refractivity contribution in [3.63, 3.8) is 0 Å². The third-order valence-corrected chi connectivity index (χ3v) is 9.15. The molecule has 2 aromatic rings. The molecule has 16 heteroatoms. The number of ketones is 1. The number of carbonyl (C=O) groups excluding carboxylic acids is 4. The number of likely N-dealkylation sites (N-methyl/N-ethyl adjacent to an activating group) is 1. The Morgan fingerprint density at radius 1 is 0.696 bits per heavy atom. The molecule has 3 aliphatic rings. The maximum absolute atomic E-state index is 13.3. The van der Waals surface area contributed by atoms with Gasteiger partial charge in [0.05, 0.1) is 19.3 Å². The smallest absolute Gasteiger partial charge is 0.410 e. The summed E-state index contributed by atoms with van der Waals surface area (Å²) >= 11 is 0. The lowest BCUT2D eigenvalue weighted by atomic mass is 9.94. The number of ether oxygens (including phenoxy) is 2. The van der Waals surface area contributed by atoms with Crippen molar-refractivity contribution in [1.82, 2.24) is 14.9 Å². The van der Waals surface area contributed by atoms with Crippen LogP contribution in [0, 0.1) is 29.2 Å². The molecule has 0 radical (unpaired) electrons. The highest BCUT2D eigenvalue weighted by Crippen LogP contribution is 2.36. The van der Waals surface area contributed by atoms with Crippen LogP contribution in [-0.4, -0.2) is 94.4 Å². The standard InChI is InChI=1S/C16H19F2NO3.C12H14F2O.C12H22N2O4.ClH/c1-16(2,3)22-15(21)19-6-4-5-13(19)14(20)10-7-11(17)9-12(18)8-10;13-10-5-9(6-11(14)7-10)12(15)8-3-1-2-4-8;1-12(2,3)18-11(16)14-8-6-7-9(14)10(15)13(4)17-5;/h7-9,13H,4-6H2,1-3H3;5-8,12,15H,1-4H2;9H,6-8H2,1-5H3;1H/t13-;12-;9-;/m111./s1. The number of carbonyl (C=O) groups is 4. The fraction of sp³-hybridized carbons (Fsp3) is 0.600. The fourth-order valence-corrected chi connectivity index (χ4v) is 6.62. The van der Waals surface area contributed by atoms with Gasteiger partial charge in [0.2, 0.25) is 0 Å². The highest BCUT2D eigenvalue weighted by Gasteiger charge is 2.39. The normalized spacial score (nSPS) is 18.8. The summed E-state index contributed by atoms with van der Waals surface area (Å²) in [6, 6.07) is 4.70. The van der Waals surface area contributed by atoms with Crippen LogP contribution >= 0.6 is 12.4 Å². The van der Waals surface area contributed by atoms with E-state index in [0.717, 1.165) is 55.4 Å². The van der Waals surface area contributed by atoms with Crippen LogP contribution in [-0.2, 0) is 19.1 Å². The molecule has 56 heavy (non-hydrogen) atoms. The molecule has 3 fully saturated rings. The molecular weight excluding hydrogens is 762 g/mol. The van der Waals surface area contributed by atoms with Crippen molar-refractivity contribution in [2.24, 2.45) is 5.92 Å². The Hall–Kier alpha value is -3.95. The molecule has 2 heterocycles. The second-order valence-corrected chi connectivity index (χ2v) is 15.9. The van der Waals surface area contributed by atoms with Gasteiger partial charge in [0.15, 0.2) is 5.78 Å². The summed E-state index contributed by atoms with van der Waals surface area (Å²) in [7, 11) is 2.96. The predicted molar refractivity (Wildman–Crippen MR) is 203 cm³/mol. The first-order valence-corrected chi connectivity index (χ1v) is 18.6. The van der Waals surface area contributed by atoms with E-state index in [1.165, 1.54) is 36.1 Å². The zero-order valence-corrected chi connectivity index (χ0v) is 34.2. The van der Waals surface area contributed by atoms with Crippen LogP contribution in [0.1, 0.15) is 115 Å². The van der Waals surface area contributed by atoms with Gasteiger partial charge in [-0.25, -0.2) is 32.2 Å². The van der Waals surface area contributed by atoms with Crippen LogP contribution < -0.4 is 0 Å². The van der Waals surface area contributed by atoms with Gasteiger partial charge >= 0.3 is 12.2 Å². The topological polar surface area (TPSA) is 126 Å². The Morgan fingerprint density at radius 2 is 1.11 bits per heavy atom. The molecule has 3 atom stereocenters. The first-order chi connectivity index (χ1) is 25.6. The van der Waals surface area contributed by atoms with Crippen molar-refractivity contribution in [2.45, 2.75) is 122 Å². The fourth-order valence-electron chi connectivity index (χ4n) is 6.62. The van der Waals surface area contributed by atoms with Gasteiger partial charge in [0, 0.05) is 37.8 Å². The first-order valence-electron chi connectivity index (χ1n) is 18.6. The van der Waals surface area contributed by atoms with Gasteiger partial charge < -0.3 is 14.6 Å². The van der Waals surface area contributed by atoms with Gasteiger partial charge in [0.25, 0.3) is 5.91 Å². The quantitative estimate of drug-likeness (QED) is 0.175. The minimum Gasteiger partial charge on any atom is -0.444 e. The number of benzene rings is 2. The van der Waals surface area contributed by atoms with E-state index in [1.807, 2.05) is 0 Å². The summed E-state index contributed by atoms with van der Waals surface area (Å²) in [5.41, 5.74) is -0.934. The summed E-state index contributed by atoms with van der Waals surface area (Å²) in [5.74, 6) is -3.41. The summed E-state index contributed by atoms with van der Waals surface area (Å²) in [6.45, 7) is 11.6. The number of halogens is 5. The van der Waals surface area contributed by atoms with E-state index in [0.29, 0.717) is 44.0 Å². The lowest BCUT2D eigenvalue weighted by Gasteiger charge is -2.29. The summed E-state index contributed by atoms with van der Waals surface area (Å²) in [6.07, 6.45) is 4.88. The third kappa shape index (κ3) is 14.5. The molecule has 2 aromatic carbocycles. The van der Waals surface area contributed by atoms with Crippen LogP contribution in [0.4, 0.5) is 27.2 Å². The molecule has 1 aliphatic carbocycles. The van der Waals surface area contributed by atoms with Crippen LogP contribution in [0.15, 0.2) is 36.4 Å². The largest absolute Gasteiger partial charge is 0.444 e. The molecule has 0 spiro atoms. The van der Waals surface area contributed by atoms with Crippen molar-refractivity contribution in [1.29, 1.82) is 0 Å². The monoisotopic (exact) mass is 817 g/mol. The van der Waals surface area contributed by atoms with E-state index in [1.54, 1.807) is 41.5 Å². The molecule has 2 saturated heterocycles. The Kier molecular flexibility index (Phi) is 18.1. The van der Waals surface area contributed by atoms with E-state index in [-0.39, 0.29) is 29.8 Å². The molecule has 3 amide bonds. The number of aliphatic hydroxyl groups is 1. The average Bonchev–Trinajstić information content (AvgIpc) is 3.88. The van der Waals surface area contributed by atoms with Crippen molar-refractivity contribution in [3.05, 3.63) is 70.8 Å². The maximum atomic E-state index is 13.3. The van der Waals surface area contributed by atoms with Crippen molar-refractivity contribution < 1.29 is 56.2 Å². The SMILES string of the molecule is CC(C)(C)OC(=O)N1CCC[C@@H]1C(=O)c1cc(F)cc(F)c1.CON(C)C(=O)[C@H]1CCCN1C(=O)OC(C)(C)C.Cl.O[C@@H](c1cc(F)cc(F)c1)C1CCCC1. The number of rotatable bonds is 6. The van der Waals surface area contributed by atoms with E-state index in [2.05, 4.69) is 0 Å². The minimum absolute atomic E-state index is 0. The van der Waals surface area contributed by atoms with E-state index in [9.17, 15) is 41.8 Å².